The van der Waals surface area contributed by atoms with E-state index in [0.29, 0.717) is 0 Å². The molecule has 0 heterocycles. The Bertz CT molecular complexity index is 212. The summed E-state index contributed by atoms with van der Waals surface area (Å²) < 4.78 is 9.22. The van der Waals surface area contributed by atoms with Gasteiger partial charge < -0.3 is 8.85 Å². The summed E-state index contributed by atoms with van der Waals surface area (Å²) in [5.41, 5.74) is 1.46. The van der Waals surface area contributed by atoms with Crippen LogP contribution in [0.2, 0.25) is 0 Å². The number of unbranched alkanes of at least 4 members (excludes halogenated alkanes) is 1. The number of rotatable bonds is 5. The van der Waals surface area contributed by atoms with E-state index in [1.807, 2.05) is 0 Å². The summed E-state index contributed by atoms with van der Waals surface area (Å²) in [7, 11) is 2.73. The second-order valence-electron chi connectivity index (χ2n) is 3.28. The van der Waals surface area contributed by atoms with E-state index in [0.717, 1.165) is 0 Å². The lowest BCUT2D eigenvalue weighted by Gasteiger charge is -1.96. The Labute approximate surface area is 95.7 Å². The van der Waals surface area contributed by atoms with Crippen molar-refractivity contribution < 1.29 is 8.85 Å². The molecule has 0 bridgehead atoms. The number of benzene rings is 1. The van der Waals surface area contributed by atoms with Crippen molar-refractivity contribution in [2.45, 2.75) is 26.2 Å². The van der Waals surface area contributed by atoms with Gasteiger partial charge in [0.15, 0.2) is 0 Å². The average molecular weight is 226 g/mol. The number of aryl methyl sites for hydroxylation is 1. The van der Waals surface area contributed by atoms with Gasteiger partial charge in [-0.2, -0.15) is 0 Å². The van der Waals surface area contributed by atoms with Crippen LogP contribution in [-0.4, -0.2) is 24.2 Å². The summed E-state index contributed by atoms with van der Waals surface area (Å²) in [5, 5.41) is 0. The van der Waals surface area contributed by atoms with Gasteiger partial charge in [-0.15, -0.1) is 0 Å². The van der Waals surface area contributed by atoms with Crippen LogP contribution in [0.15, 0.2) is 30.3 Å². The lowest BCUT2D eigenvalue weighted by Crippen LogP contribution is -1.93. The zero-order chi connectivity index (χ0) is 11.4. The van der Waals surface area contributed by atoms with Crippen molar-refractivity contribution >= 4 is 10.0 Å². The van der Waals surface area contributed by atoms with Gasteiger partial charge in [0.05, 0.1) is 0 Å². The number of hydrogen-bond acceptors (Lipinski definition) is 2. The fraction of sp³-hybridized carbons (Fsp3) is 0.500. The smallest absolute Gasteiger partial charge is 0.303 e. The van der Waals surface area contributed by atoms with Crippen LogP contribution in [0.3, 0.4) is 0 Å². The summed E-state index contributed by atoms with van der Waals surface area (Å²) in [6, 6.07) is 10.6. The summed E-state index contributed by atoms with van der Waals surface area (Å²) >= 11 is 0. The van der Waals surface area contributed by atoms with Crippen LogP contribution in [0.5, 0.6) is 0 Å². The molecule has 1 rings (SSSR count). The van der Waals surface area contributed by atoms with Crippen LogP contribution in [-0.2, 0) is 15.3 Å². The minimum Gasteiger partial charge on any atom is -0.402 e. The van der Waals surface area contributed by atoms with E-state index in [2.05, 4.69) is 46.1 Å². The maximum Gasteiger partial charge on any atom is 0.303 e. The Morgan fingerprint density at radius 3 is 2.07 bits per heavy atom. The normalized spacial score (nSPS) is 9.27. The molecule has 0 saturated heterocycles. The summed E-state index contributed by atoms with van der Waals surface area (Å²) in [4.78, 5) is 0. The van der Waals surface area contributed by atoms with E-state index in [1.165, 1.54) is 24.8 Å². The predicted molar refractivity (Wildman–Crippen MR) is 67.6 cm³/mol. The maximum atomic E-state index is 4.61. The summed E-state index contributed by atoms with van der Waals surface area (Å²) in [6.07, 6.45) is 3.83. The van der Waals surface area contributed by atoms with Gasteiger partial charge in [0.1, 0.15) is 0 Å². The van der Waals surface area contributed by atoms with Gasteiger partial charge in [0.2, 0.25) is 0 Å². The van der Waals surface area contributed by atoms with Crippen molar-refractivity contribution in [2.75, 3.05) is 14.2 Å². The van der Waals surface area contributed by atoms with Crippen molar-refractivity contribution in [3.63, 3.8) is 0 Å². The van der Waals surface area contributed by atoms with Crippen molar-refractivity contribution in [3.8, 4) is 0 Å². The Balaban J connectivity index is 0.000000336. The molecule has 0 amide bonds. The van der Waals surface area contributed by atoms with Crippen molar-refractivity contribution in [1.29, 1.82) is 0 Å². The van der Waals surface area contributed by atoms with Crippen molar-refractivity contribution in [1.82, 2.24) is 0 Å². The largest absolute Gasteiger partial charge is 0.402 e. The van der Waals surface area contributed by atoms with Crippen LogP contribution in [0, 0.1) is 0 Å². The zero-order valence-corrected chi connectivity index (χ0v) is 11.4. The minimum atomic E-state index is -0.568. The maximum absolute atomic E-state index is 4.61. The first-order valence-corrected chi connectivity index (χ1v) is 6.52. The SMILES string of the molecule is CCCCc1ccccc1.CO[SiH2]OC. The summed E-state index contributed by atoms with van der Waals surface area (Å²) in [5.74, 6) is 0. The molecule has 0 saturated carbocycles. The van der Waals surface area contributed by atoms with Crippen LogP contribution >= 0.6 is 0 Å². The van der Waals surface area contributed by atoms with E-state index in [1.54, 1.807) is 14.2 Å². The van der Waals surface area contributed by atoms with E-state index in [4.69, 9.17) is 0 Å². The average Bonchev–Trinajstić information content (AvgIpc) is 2.30. The molecule has 0 fully saturated rings. The van der Waals surface area contributed by atoms with E-state index in [-0.39, 0.29) is 0 Å². The van der Waals surface area contributed by atoms with Gasteiger partial charge in [-0.05, 0) is 18.4 Å². The first kappa shape index (κ1) is 14.4. The molecule has 0 aromatic heterocycles. The molecular formula is C12H22O2Si. The van der Waals surface area contributed by atoms with E-state index in [9.17, 15) is 0 Å². The Morgan fingerprint density at radius 1 is 1.07 bits per heavy atom. The van der Waals surface area contributed by atoms with Crippen molar-refractivity contribution in [2.24, 2.45) is 0 Å². The van der Waals surface area contributed by atoms with Crippen LogP contribution < -0.4 is 0 Å². The Hall–Kier alpha value is -0.643. The molecule has 0 radical (unpaired) electrons. The Kier molecular flexibility index (Phi) is 10.9. The first-order chi connectivity index (χ1) is 7.35. The highest BCUT2D eigenvalue weighted by atomic mass is 28.3. The molecule has 1 aromatic rings. The number of hydrogen-bond donors (Lipinski definition) is 0. The lowest BCUT2D eigenvalue weighted by molar-refractivity contribution is 0.309. The fourth-order valence-corrected chi connectivity index (χ4v) is 1.38. The molecule has 0 aliphatic carbocycles. The fourth-order valence-electron chi connectivity index (χ4n) is 1.14. The van der Waals surface area contributed by atoms with Gasteiger partial charge in [-0.3, -0.25) is 0 Å². The molecule has 0 N–H and O–H groups in total. The molecular weight excluding hydrogens is 204 g/mol. The topological polar surface area (TPSA) is 18.5 Å². The molecule has 15 heavy (non-hydrogen) atoms. The second kappa shape index (κ2) is 11.4. The van der Waals surface area contributed by atoms with Gasteiger partial charge >= 0.3 is 10.0 Å². The second-order valence-corrected chi connectivity index (χ2v) is 4.67. The quantitative estimate of drug-likeness (QED) is 0.717. The lowest BCUT2D eigenvalue weighted by atomic mass is 10.1. The van der Waals surface area contributed by atoms with Crippen LogP contribution in [0.4, 0.5) is 0 Å². The Morgan fingerprint density at radius 2 is 1.67 bits per heavy atom. The van der Waals surface area contributed by atoms with E-state index < -0.39 is 10.0 Å². The highest BCUT2D eigenvalue weighted by molar-refractivity contribution is 6.17. The van der Waals surface area contributed by atoms with Gasteiger partial charge in [-0.1, -0.05) is 43.7 Å². The third kappa shape index (κ3) is 9.66. The first-order valence-electron chi connectivity index (χ1n) is 5.37. The molecule has 0 aliphatic heterocycles. The minimum absolute atomic E-state index is 0.568. The highest BCUT2D eigenvalue weighted by Crippen LogP contribution is 2.03. The molecule has 2 nitrogen and oxygen atoms in total. The third-order valence-electron chi connectivity index (χ3n) is 1.90. The standard InChI is InChI=1S/C10H14.C2H8O2Si/c1-2-3-7-10-8-5-4-6-9-10;1-3-5-4-2/h4-6,8-9H,2-3,7H2,1H3;5H2,1-2H3. The molecule has 86 valence electrons. The van der Waals surface area contributed by atoms with Gasteiger partial charge in [0, 0.05) is 14.2 Å². The van der Waals surface area contributed by atoms with Gasteiger partial charge in [-0.25, -0.2) is 0 Å². The summed E-state index contributed by atoms with van der Waals surface area (Å²) in [6.45, 7) is 2.23. The monoisotopic (exact) mass is 226 g/mol. The molecule has 3 heteroatoms. The molecule has 0 aliphatic rings. The van der Waals surface area contributed by atoms with E-state index >= 15 is 0 Å². The predicted octanol–water partition coefficient (Wildman–Crippen LogP) is 2.31. The molecule has 0 spiro atoms. The third-order valence-corrected chi connectivity index (χ3v) is 2.37. The molecule has 0 unspecified atom stereocenters. The van der Waals surface area contributed by atoms with Crippen LogP contribution in [0.25, 0.3) is 0 Å². The zero-order valence-electron chi connectivity index (χ0n) is 10.0. The van der Waals surface area contributed by atoms with Crippen LogP contribution in [0.1, 0.15) is 25.3 Å². The van der Waals surface area contributed by atoms with Gasteiger partial charge in [0.25, 0.3) is 0 Å². The van der Waals surface area contributed by atoms with Crippen molar-refractivity contribution in [3.05, 3.63) is 35.9 Å². The molecule has 0 atom stereocenters. The molecule has 1 aromatic carbocycles. The highest BCUT2D eigenvalue weighted by Gasteiger charge is 1.87.